The van der Waals surface area contributed by atoms with Crippen LogP contribution in [0.2, 0.25) is 0 Å². The van der Waals surface area contributed by atoms with Gasteiger partial charge in [0, 0.05) is 19.0 Å². The number of carboxylic acid groups (broad SMARTS) is 1. The van der Waals surface area contributed by atoms with Crippen LogP contribution in [0.5, 0.6) is 0 Å². The van der Waals surface area contributed by atoms with Crippen LogP contribution in [0.1, 0.15) is 44.3 Å². The topological polar surface area (TPSA) is 79.5 Å². The summed E-state index contributed by atoms with van der Waals surface area (Å²) < 4.78 is 5.23. The van der Waals surface area contributed by atoms with Gasteiger partial charge in [0.25, 0.3) is 0 Å². The number of aromatic nitrogens is 2. The monoisotopic (exact) mass is 253 g/mol. The molecule has 0 amide bonds. The molecular formula is C12H19N3O3. The highest BCUT2D eigenvalue weighted by atomic mass is 16.5. The summed E-state index contributed by atoms with van der Waals surface area (Å²) in [5, 5.41) is 12.4. The minimum Gasteiger partial charge on any atom is -0.481 e. The van der Waals surface area contributed by atoms with Crippen molar-refractivity contribution in [3.63, 3.8) is 0 Å². The van der Waals surface area contributed by atoms with Gasteiger partial charge < -0.3 is 14.5 Å². The van der Waals surface area contributed by atoms with Gasteiger partial charge in [-0.1, -0.05) is 5.16 Å². The van der Waals surface area contributed by atoms with E-state index in [4.69, 9.17) is 9.63 Å². The lowest BCUT2D eigenvalue weighted by molar-refractivity contribution is -0.137. The highest BCUT2D eigenvalue weighted by Gasteiger charge is 2.29. The van der Waals surface area contributed by atoms with E-state index >= 15 is 0 Å². The number of hydrogen-bond acceptors (Lipinski definition) is 5. The van der Waals surface area contributed by atoms with E-state index in [1.54, 1.807) is 0 Å². The molecule has 6 nitrogen and oxygen atoms in total. The highest BCUT2D eigenvalue weighted by molar-refractivity contribution is 5.66. The second-order valence-corrected chi connectivity index (χ2v) is 5.02. The van der Waals surface area contributed by atoms with E-state index in [1.807, 2.05) is 0 Å². The minimum absolute atomic E-state index is 0.0434. The zero-order chi connectivity index (χ0) is 13.1. The summed E-state index contributed by atoms with van der Waals surface area (Å²) in [4.78, 5) is 17.1. The molecule has 1 aliphatic rings. The number of carbonyl (C=O) groups is 1. The molecule has 1 unspecified atom stereocenters. The van der Waals surface area contributed by atoms with Crippen LogP contribution in [-0.2, 0) is 11.2 Å². The van der Waals surface area contributed by atoms with Crippen molar-refractivity contribution in [2.75, 3.05) is 13.1 Å². The predicted molar refractivity (Wildman–Crippen MR) is 64.3 cm³/mol. The van der Waals surface area contributed by atoms with E-state index in [9.17, 15) is 4.79 Å². The number of hydrogen-bond donors (Lipinski definition) is 1. The lowest BCUT2D eigenvalue weighted by atomic mass is 10.1. The Morgan fingerprint density at radius 2 is 2.39 bits per heavy atom. The van der Waals surface area contributed by atoms with Gasteiger partial charge in [0.05, 0.1) is 12.3 Å². The van der Waals surface area contributed by atoms with Crippen LogP contribution >= 0.6 is 0 Å². The van der Waals surface area contributed by atoms with Gasteiger partial charge in [0.1, 0.15) is 0 Å². The van der Waals surface area contributed by atoms with Gasteiger partial charge in [0.15, 0.2) is 5.82 Å². The van der Waals surface area contributed by atoms with Crippen molar-refractivity contribution in [2.24, 2.45) is 0 Å². The largest absolute Gasteiger partial charge is 0.481 e. The molecule has 0 radical (unpaired) electrons. The lowest BCUT2D eigenvalue weighted by Gasteiger charge is -2.19. The molecule has 0 bridgehead atoms. The van der Waals surface area contributed by atoms with Crippen LogP contribution in [0.4, 0.5) is 0 Å². The van der Waals surface area contributed by atoms with Crippen molar-refractivity contribution in [1.82, 2.24) is 15.0 Å². The zero-order valence-corrected chi connectivity index (χ0v) is 10.8. The first-order valence-electron chi connectivity index (χ1n) is 6.34. The van der Waals surface area contributed by atoms with Crippen LogP contribution < -0.4 is 0 Å². The molecule has 1 aliphatic heterocycles. The van der Waals surface area contributed by atoms with Crippen LogP contribution in [-0.4, -0.2) is 45.2 Å². The molecule has 100 valence electrons. The van der Waals surface area contributed by atoms with Crippen LogP contribution in [0, 0.1) is 0 Å². The summed E-state index contributed by atoms with van der Waals surface area (Å²) in [6, 6.07) is 0.532. The normalized spacial score (nSPS) is 20.7. The maximum Gasteiger partial charge on any atom is 0.303 e. The third-order valence-corrected chi connectivity index (χ3v) is 3.35. The Balaban J connectivity index is 1.92. The molecular weight excluding hydrogens is 234 g/mol. The van der Waals surface area contributed by atoms with E-state index < -0.39 is 5.97 Å². The number of nitrogens with zero attached hydrogens (tertiary/aromatic N) is 3. The molecule has 1 saturated heterocycles. The third-order valence-electron chi connectivity index (χ3n) is 3.35. The lowest BCUT2D eigenvalue weighted by Crippen LogP contribution is -2.27. The van der Waals surface area contributed by atoms with Crippen molar-refractivity contribution in [3.05, 3.63) is 11.7 Å². The molecule has 2 heterocycles. The summed E-state index contributed by atoms with van der Waals surface area (Å²) in [6.45, 7) is 6.34. The first-order valence-corrected chi connectivity index (χ1v) is 6.34. The molecule has 0 saturated carbocycles. The second-order valence-electron chi connectivity index (χ2n) is 5.02. The van der Waals surface area contributed by atoms with Crippen molar-refractivity contribution < 1.29 is 14.4 Å². The maximum absolute atomic E-state index is 10.5. The van der Waals surface area contributed by atoms with Crippen LogP contribution in [0.25, 0.3) is 0 Å². The number of aliphatic carboxylic acids is 1. The Bertz CT molecular complexity index is 416. The smallest absolute Gasteiger partial charge is 0.303 e. The van der Waals surface area contributed by atoms with Gasteiger partial charge in [-0.3, -0.25) is 4.79 Å². The number of likely N-dealkylation sites (tertiary alicyclic amines) is 1. The first kappa shape index (κ1) is 13.0. The predicted octanol–water partition coefficient (Wildman–Crippen LogP) is 1.28. The summed E-state index contributed by atoms with van der Waals surface area (Å²) in [5.74, 6) is 0.598. The molecule has 18 heavy (non-hydrogen) atoms. The summed E-state index contributed by atoms with van der Waals surface area (Å²) in [6.07, 6.45) is 1.40. The van der Waals surface area contributed by atoms with Gasteiger partial charge in [0.2, 0.25) is 5.89 Å². The Morgan fingerprint density at radius 3 is 3.00 bits per heavy atom. The van der Waals surface area contributed by atoms with Crippen molar-refractivity contribution in [3.8, 4) is 0 Å². The van der Waals surface area contributed by atoms with Crippen LogP contribution in [0.15, 0.2) is 4.52 Å². The van der Waals surface area contributed by atoms with E-state index in [0.717, 1.165) is 19.5 Å². The highest BCUT2D eigenvalue weighted by Crippen LogP contribution is 2.27. The zero-order valence-electron chi connectivity index (χ0n) is 10.8. The summed E-state index contributed by atoms with van der Waals surface area (Å²) >= 11 is 0. The minimum atomic E-state index is -0.840. The molecule has 2 rings (SSSR count). The molecule has 0 aromatic carbocycles. The fraction of sp³-hybridized carbons (Fsp3) is 0.750. The Kier molecular flexibility index (Phi) is 3.96. The molecule has 1 aromatic heterocycles. The standard InChI is InChI=1S/C12H19N3O3/c1-8(2)15-6-5-9(7-15)12-13-10(14-18-12)3-4-11(16)17/h8-9H,3-7H2,1-2H3,(H,16,17). The van der Waals surface area contributed by atoms with Gasteiger partial charge >= 0.3 is 5.97 Å². The number of aryl methyl sites for hydroxylation is 1. The average Bonchev–Trinajstić information content (AvgIpc) is 2.95. The second kappa shape index (κ2) is 5.48. The van der Waals surface area contributed by atoms with Gasteiger partial charge in [-0.05, 0) is 26.8 Å². The summed E-state index contributed by atoms with van der Waals surface area (Å²) in [5.41, 5.74) is 0. The SMILES string of the molecule is CC(C)N1CCC(c2nc(CCC(=O)O)no2)C1. The average molecular weight is 253 g/mol. The van der Waals surface area contributed by atoms with Gasteiger partial charge in [-0.25, -0.2) is 0 Å². The molecule has 6 heteroatoms. The quantitative estimate of drug-likeness (QED) is 0.851. The third kappa shape index (κ3) is 3.07. The van der Waals surface area contributed by atoms with E-state index in [2.05, 4.69) is 28.9 Å². The van der Waals surface area contributed by atoms with E-state index in [1.165, 1.54) is 0 Å². The molecule has 1 aromatic rings. The van der Waals surface area contributed by atoms with Crippen molar-refractivity contribution >= 4 is 5.97 Å². The van der Waals surface area contributed by atoms with E-state index in [-0.39, 0.29) is 6.42 Å². The van der Waals surface area contributed by atoms with Crippen LogP contribution in [0.3, 0.4) is 0 Å². The number of carboxylic acids is 1. The molecule has 1 fully saturated rings. The molecule has 1 atom stereocenters. The Labute approximate surface area is 106 Å². The molecule has 0 spiro atoms. The fourth-order valence-electron chi connectivity index (χ4n) is 2.21. The first-order chi connectivity index (χ1) is 8.56. The number of rotatable bonds is 5. The van der Waals surface area contributed by atoms with E-state index in [0.29, 0.717) is 30.1 Å². The Morgan fingerprint density at radius 1 is 1.61 bits per heavy atom. The Hall–Kier alpha value is -1.43. The fourth-order valence-corrected chi connectivity index (χ4v) is 2.21. The van der Waals surface area contributed by atoms with Gasteiger partial charge in [-0.2, -0.15) is 4.98 Å². The maximum atomic E-state index is 10.5. The molecule has 1 N–H and O–H groups in total. The van der Waals surface area contributed by atoms with Gasteiger partial charge in [-0.15, -0.1) is 0 Å². The van der Waals surface area contributed by atoms with Crippen molar-refractivity contribution in [2.45, 2.75) is 45.1 Å². The summed E-state index contributed by atoms with van der Waals surface area (Å²) in [7, 11) is 0. The van der Waals surface area contributed by atoms with Crippen molar-refractivity contribution in [1.29, 1.82) is 0 Å². The molecule has 0 aliphatic carbocycles.